The van der Waals surface area contributed by atoms with Gasteiger partial charge in [-0.15, -0.1) is 0 Å². The lowest BCUT2D eigenvalue weighted by molar-refractivity contribution is -0.384. The number of nitrogens with zero attached hydrogens (tertiary/aromatic N) is 2. The molecule has 0 aliphatic carbocycles. The molecule has 7 nitrogen and oxygen atoms in total. The van der Waals surface area contributed by atoms with Gasteiger partial charge in [-0.25, -0.2) is 8.42 Å². The first-order valence-electron chi connectivity index (χ1n) is 7.93. The zero-order valence-electron chi connectivity index (χ0n) is 14.2. The average molecular weight is 407 g/mol. The number of nitro benzene ring substituents is 1. The van der Waals surface area contributed by atoms with Crippen molar-refractivity contribution in [1.29, 1.82) is 0 Å². The third-order valence-corrected chi connectivity index (χ3v) is 5.83. The van der Waals surface area contributed by atoms with Gasteiger partial charge in [0.15, 0.2) is 9.84 Å². The molecule has 0 fully saturated rings. The van der Waals surface area contributed by atoms with E-state index in [0.29, 0.717) is 5.69 Å². The summed E-state index contributed by atoms with van der Waals surface area (Å²) in [7, 11) is -3.41. The zero-order chi connectivity index (χ0) is 19.8. The van der Waals surface area contributed by atoms with Crippen LogP contribution < -0.4 is 4.90 Å². The number of amides is 1. The second kappa shape index (κ2) is 7.13. The second-order valence-electron chi connectivity index (χ2n) is 6.16. The van der Waals surface area contributed by atoms with Crippen LogP contribution in [0.15, 0.2) is 53.9 Å². The summed E-state index contributed by atoms with van der Waals surface area (Å²) in [6, 6.07) is 10.1. The highest BCUT2D eigenvalue weighted by molar-refractivity contribution is 7.94. The maximum absolute atomic E-state index is 13.2. The van der Waals surface area contributed by atoms with Crippen molar-refractivity contribution in [2.45, 2.75) is 13.0 Å². The molecule has 0 bridgehead atoms. The highest BCUT2D eigenvalue weighted by Crippen LogP contribution is 2.29. The van der Waals surface area contributed by atoms with E-state index >= 15 is 0 Å². The van der Waals surface area contributed by atoms with Crippen LogP contribution in [0.5, 0.6) is 0 Å². The van der Waals surface area contributed by atoms with E-state index in [0.717, 1.165) is 17.0 Å². The number of anilines is 1. The van der Waals surface area contributed by atoms with E-state index in [4.69, 9.17) is 11.6 Å². The minimum absolute atomic E-state index is 0.0466. The Labute approximate surface area is 160 Å². The summed E-state index contributed by atoms with van der Waals surface area (Å²) in [5, 5.41) is 12.1. The molecular weight excluding hydrogens is 392 g/mol. The summed E-state index contributed by atoms with van der Waals surface area (Å²) in [5.74, 6) is -0.797. The van der Waals surface area contributed by atoms with Crippen molar-refractivity contribution >= 4 is 38.7 Å². The van der Waals surface area contributed by atoms with Gasteiger partial charge in [0.25, 0.3) is 11.6 Å². The Morgan fingerprint density at radius 1 is 1.26 bits per heavy atom. The maximum atomic E-state index is 13.2. The number of halogens is 1. The highest BCUT2D eigenvalue weighted by Gasteiger charge is 2.32. The Balaban J connectivity index is 2.08. The SMILES string of the molecule is Cc1cccc(N(C(=O)c2ccc(Cl)c([N+](=O)[O-])c2)C2C=CS(=O)(=O)C2)c1. The van der Waals surface area contributed by atoms with Crippen molar-refractivity contribution in [2.24, 2.45) is 0 Å². The average Bonchev–Trinajstić information content (AvgIpc) is 2.94. The van der Waals surface area contributed by atoms with Crippen molar-refractivity contribution in [3.05, 3.63) is 80.2 Å². The van der Waals surface area contributed by atoms with Crippen molar-refractivity contribution in [3.63, 3.8) is 0 Å². The number of nitro groups is 1. The summed E-state index contributed by atoms with van der Waals surface area (Å²) in [6.45, 7) is 1.85. The van der Waals surface area contributed by atoms with Gasteiger partial charge < -0.3 is 4.90 Å². The van der Waals surface area contributed by atoms with Crippen LogP contribution in [0.2, 0.25) is 5.02 Å². The molecule has 0 aromatic heterocycles. The van der Waals surface area contributed by atoms with Gasteiger partial charge in [0.2, 0.25) is 0 Å². The Morgan fingerprint density at radius 3 is 2.59 bits per heavy atom. The number of hydrogen-bond donors (Lipinski definition) is 0. The summed E-state index contributed by atoms with van der Waals surface area (Å²) in [5.41, 5.74) is 1.05. The Kier molecular flexibility index (Phi) is 5.03. The summed E-state index contributed by atoms with van der Waals surface area (Å²) in [4.78, 5) is 25.0. The molecule has 27 heavy (non-hydrogen) atoms. The molecule has 1 aliphatic heterocycles. The summed E-state index contributed by atoms with van der Waals surface area (Å²) < 4.78 is 23.7. The van der Waals surface area contributed by atoms with Gasteiger partial charge in [0.05, 0.1) is 16.7 Å². The smallest absolute Gasteiger partial charge is 0.288 e. The van der Waals surface area contributed by atoms with E-state index in [1.807, 2.05) is 13.0 Å². The van der Waals surface area contributed by atoms with Crippen LogP contribution in [0, 0.1) is 17.0 Å². The first-order valence-corrected chi connectivity index (χ1v) is 10.0. The largest absolute Gasteiger partial charge is 0.300 e. The van der Waals surface area contributed by atoms with Crippen molar-refractivity contribution < 1.29 is 18.1 Å². The molecule has 9 heteroatoms. The molecule has 1 amide bonds. The van der Waals surface area contributed by atoms with Crippen LogP contribution in [-0.2, 0) is 9.84 Å². The molecule has 0 spiro atoms. The van der Waals surface area contributed by atoms with Crippen molar-refractivity contribution in [1.82, 2.24) is 0 Å². The van der Waals surface area contributed by atoms with Crippen molar-refractivity contribution in [3.8, 4) is 0 Å². The topological polar surface area (TPSA) is 97.6 Å². The Hall–Kier alpha value is -2.71. The van der Waals surface area contributed by atoms with Gasteiger partial charge in [0, 0.05) is 22.7 Å². The molecule has 2 aromatic carbocycles. The predicted molar refractivity (Wildman–Crippen MR) is 103 cm³/mol. The first kappa shape index (κ1) is 19.1. The van der Waals surface area contributed by atoms with Gasteiger partial charge >= 0.3 is 0 Å². The normalized spacial score (nSPS) is 17.6. The van der Waals surface area contributed by atoms with Gasteiger partial charge in [-0.05, 0) is 42.8 Å². The molecule has 1 aliphatic rings. The molecule has 1 heterocycles. The summed E-state index contributed by atoms with van der Waals surface area (Å²) >= 11 is 5.82. The van der Waals surface area contributed by atoms with Gasteiger partial charge in [-0.2, -0.15) is 0 Å². The lowest BCUT2D eigenvalue weighted by Gasteiger charge is -2.28. The Morgan fingerprint density at radius 2 is 2.00 bits per heavy atom. The highest BCUT2D eigenvalue weighted by atomic mass is 35.5. The fourth-order valence-corrected chi connectivity index (χ4v) is 4.34. The lowest BCUT2D eigenvalue weighted by atomic mass is 10.1. The fraction of sp³-hybridized carbons (Fsp3) is 0.167. The quantitative estimate of drug-likeness (QED) is 0.571. The van der Waals surface area contributed by atoms with Crippen molar-refractivity contribution in [2.75, 3.05) is 10.7 Å². The number of hydrogen-bond acceptors (Lipinski definition) is 5. The van der Waals surface area contributed by atoms with Crippen LogP contribution in [-0.4, -0.2) is 31.0 Å². The van der Waals surface area contributed by atoms with E-state index in [1.54, 1.807) is 18.2 Å². The zero-order valence-corrected chi connectivity index (χ0v) is 15.8. The first-order chi connectivity index (χ1) is 12.7. The monoisotopic (exact) mass is 406 g/mol. The van der Waals surface area contributed by atoms with E-state index < -0.39 is 26.7 Å². The summed E-state index contributed by atoms with van der Waals surface area (Å²) in [6.07, 6.45) is 1.44. The third kappa shape index (κ3) is 4.01. The van der Waals surface area contributed by atoms with E-state index in [2.05, 4.69) is 0 Å². The van der Waals surface area contributed by atoms with E-state index in [-0.39, 0.29) is 22.0 Å². The van der Waals surface area contributed by atoms with Crippen LogP contribution in [0.1, 0.15) is 15.9 Å². The minimum Gasteiger partial charge on any atom is -0.300 e. The van der Waals surface area contributed by atoms with Crippen LogP contribution >= 0.6 is 11.6 Å². The Bertz CT molecular complexity index is 1070. The maximum Gasteiger partial charge on any atom is 0.288 e. The molecule has 1 unspecified atom stereocenters. The predicted octanol–water partition coefficient (Wildman–Crippen LogP) is 3.51. The van der Waals surface area contributed by atoms with Gasteiger partial charge in [0.1, 0.15) is 5.02 Å². The molecule has 1 atom stereocenters. The third-order valence-electron chi connectivity index (χ3n) is 4.13. The molecule has 2 aromatic rings. The molecular formula is C18H15ClN2O5S. The molecule has 0 radical (unpaired) electrons. The molecule has 0 saturated carbocycles. The second-order valence-corrected chi connectivity index (χ2v) is 8.50. The molecule has 0 saturated heterocycles. The lowest BCUT2D eigenvalue weighted by Crippen LogP contribution is -2.41. The van der Waals surface area contributed by atoms with Gasteiger partial charge in [-0.1, -0.05) is 23.7 Å². The van der Waals surface area contributed by atoms with Crippen LogP contribution in [0.25, 0.3) is 0 Å². The fourth-order valence-electron chi connectivity index (χ4n) is 2.88. The van der Waals surface area contributed by atoms with Gasteiger partial charge in [-0.3, -0.25) is 14.9 Å². The van der Waals surface area contributed by atoms with E-state index in [1.165, 1.54) is 23.1 Å². The minimum atomic E-state index is -3.41. The van der Waals surface area contributed by atoms with Crippen LogP contribution in [0.4, 0.5) is 11.4 Å². The number of rotatable bonds is 4. The molecule has 3 rings (SSSR count). The molecule has 0 N–H and O–H groups in total. The van der Waals surface area contributed by atoms with Crippen LogP contribution in [0.3, 0.4) is 0 Å². The number of carbonyl (C=O) groups is 1. The number of sulfone groups is 1. The number of carbonyl (C=O) groups excluding carboxylic acids is 1. The standard InChI is InChI=1S/C18H15ClN2O5S/c1-12-3-2-4-14(9-12)20(15-7-8-27(25,26)11-15)18(22)13-5-6-16(19)17(10-13)21(23)24/h2-10,15H,11H2,1H3. The van der Waals surface area contributed by atoms with E-state index in [9.17, 15) is 23.3 Å². The number of aryl methyl sites for hydroxylation is 1. The number of benzene rings is 2. The molecule has 140 valence electrons.